The lowest BCUT2D eigenvalue weighted by molar-refractivity contribution is 0.407. The molecule has 0 saturated carbocycles. The van der Waals surface area contributed by atoms with Gasteiger partial charge in [0.15, 0.2) is 0 Å². The number of rotatable bonds is 6. The van der Waals surface area contributed by atoms with Crippen LogP contribution in [0.2, 0.25) is 0 Å². The van der Waals surface area contributed by atoms with Crippen molar-refractivity contribution in [2.45, 2.75) is 39.0 Å². The third-order valence-corrected chi connectivity index (χ3v) is 2.54. The van der Waals surface area contributed by atoms with Crippen LogP contribution in [0.5, 0.6) is 5.75 Å². The predicted octanol–water partition coefficient (Wildman–Crippen LogP) is 3.96. The number of aryl methyl sites for hydroxylation is 1. The van der Waals surface area contributed by atoms with E-state index in [2.05, 4.69) is 6.92 Å². The first-order chi connectivity index (χ1) is 7.27. The highest BCUT2D eigenvalue weighted by Gasteiger charge is 2.03. The van der Waals surface area contributed by atoms with E-state index in [1.54, 1.807) is 19.2 Å². The van der Waals surface area contributed by atoms with E-state index in [1.807, 2.05) is 0 Å². The molecule has 0 aliphatic heterocycles. The highest BCUT2D eigenvalue weighted by atomic mass is 19.1. The minimum atomic E-state index is -0.179. The maximum atomic E-state index is 13.0. The van der Waals surface area contributed by atoms with Crippen LogP contribution in [0.15, 0.2) is 18.2 Å². The zero-order valence-corrected chi connectivity index (χ0v) is 9.55. The second-order valence-corrected chi connectivity index (χ2v) is 3.77. The standard InChI is InChI=1S/C13H19FO/c1-3-4-5-6-7-11-10-12(14)8-9-13(11)15-2/h8-10H,3-7H2,1-2H3. The van der Waals surface area contributed by atoms with Crippen molar-refractivity contribution in [3.63, 3.8) is 0 Å². The molecular weight excluding hydrogens is 191 g/mol. The number of unbranched alkanes of at least 4 members (excludes halogenated alkanes) is 3. The Hall–Kier alpha value is -1.05. The third kappa shape index (κ3) is 3.90. The van der Waals surface area contributed by atoms with Gasteiger partial charge in [0.05, 0.1) is 7.11 Å². The summed E-state index contributed by atoms with van der Waals surface area (Å²) in [6, 6.07) is 4.71. The fourth-order valence-electron chi connectivity index (χ4n) is 1.68. The van der Waals surface area contributed by atoms with E-state index in [1.165, 1.54) is 25.3 Å². The number of hydrogen-bond donors (Lipinski definition) is 0. The maximum absolute atomic E-state index is 13.0. The van der Waals surface area contributed by atoms with E-state index in [9.17, 15) is 4.39 Å². The first kappa shape index (κ1) is 12.0. The molecule has 0 atom stereocenters. The molecule has 0 amide bonds. The zero-order chi connectivity index (χ0) is 11.1. The van der Waals surface area contributed by atoms with Crippen LogP contribution in [0.1, 0.15) is 38.2 Å². The quantitative estimate of drug-likeness (QED) is 0.646. The molecule has 1 nitrogen and oxygen atoms in total. The van der Waals surface area contributed by atoms with Crippen LogP contribution in [-0.4, -0.2) is 7.11 Å². The van der Waals surface area contributed by atoms with Gasteiger partial charge in [0.25, 0.3) is 0 Å². The summed E-state index contributed by atoms with van der Waals surface area (Å²) >= 11 is 0. The Bertz CT molecular complexity index is 297. The van der Waals surface area contributed by atoms with Gasteiger partial charge in [0.2, 0.25) is 0 Å². The van der Waals surface area contributed by atoms with Crippen LogP contribution in [0, 0.1) is 5.82 Å². The molecule has 0 aliphatic carbocycles. The van der Waals surface area contributed by atoms with Crippen LogP contribution in [0.3, 0.4) is 0 Å². The van der Waals surface area contributed by atoms with Crippen LogP contribution in [0.4, 0.5) is 4.39 Å². The molecule has 0 radical (unpaired) electrons. The molecule has 1 aromatic rings. The molecular formula is C13H19FO. The molecule has 84 valence electrons. The zero-order valence-electron chi connectivity index (χ0n) is 9.55. The number of hydrogen-bond acceptors (Lipinski definition) is 1. The van der Waals surface area contributed by atoms with E-state index >= 15 is 0 Å². The van der Waals surface area contributed by atoms with Gasteiger partial charge < -0.3 is 4.74 Å². The first-order valence-electron chi connectivity index (χ1n) is 5.60. The Morgan fingerprint density at radius 2 is 2.00 bits per heavy atom. The van der Waals surface area contributed by atoms with Gasteiger partial charge in [0, 0.05) is 0 Å². The summed E-state index contributed by atoms with van der Waals surface area (Å²) in [5, 5.41) is 0. The Morgan fingerprint density at radius 3 is 2.67 bits per heavy atom. The lowest BCUT2D eigenvalue weighted by Crippen LogP contribution is -1.93. The summed E-state index contributed by atoms with van der Waals surface area (Å²) in [5.74, 6) is 0.620. The molecule has 0 spiro atoms. The van der Waals surface area contributed by atoms with E-state index in [-0.39, 0.29) is 5.82 Å². The molecule has 0 unspecified atom stereocenters. The average molecular weight is 210 g/mol. The molecule has 0 heterocycles. The first-order valence-corrected chi connectivity index (χ1v) is 5.60. The van der Waals surface area contributed by atoms with Crippen molar-refractivity contribution in [2.24, 2.45) is 0 Å². The molecule has 2 heteroatoms. The minimum Gasteiger partial charge on any atom is -0.496 e. The van der Waals surface area contributed by atoms with Crippen molar-refractivity contribution in [1.82, 2.24) is 0 Å². The van der Waals surface area contributed by atoms with Gasteiger partial charge in [-0.15, -0.1) is 0 Å². The van der Waals surface area contributed by atoms with Crippen LogP contribution < -0.4 is 4.74 Å². The van der Waals surface area contributed by atoms with Crippen LogP contribution in [-0.2, 0) is 6.42 Å². The topological polar surface area (TPSA) is 9.23 Å². The predicted molar refractivity (Wildman–Crippen MR) is 60.8 cm³/mol. The van der Waals surface area contributed by atoms with Gasteiger partial charge in [-0.25, -0.2) is 4.39 Å². The molecule has 1 rings (SSSR count). The van der Waals surface area contributed by atoms with E-state index < -0.39 is 0 Å². The largest absolute Gasteiger partial charge is 0.496 e. The molecule has 0 aliphatic rings. The summed E-state index contributed by atoms with van der Waals surface area (Å²) in [4.78, 5) is 0. The minimum absolute atomic E-state index is 0.179. The van der Waals surface area contributed by atoms with Crippen molar-refractivity contribution < 1.29 is 9.13 Å². The van der Waals surface area contributed by atoms with Crippen molar-refractivity contribution >= 4 is 0 Å². The third-order valence-electron chi connectivity index (χ3n) is 2.54. The highest BCUT2D eigenvalue weighted by molar-refractivity contribution is 5.33. The molecule has 0 bridgehead atoms. The summed E-state index contributed by atoms with van der Waals surface area (Å²) in [6.45, 7) is 2.18. The Balaban J connectivity index is 2.54. The van der Waals surface area contributed by atoms with Crippen molar-refractivity contribution in [3.8, 4) is 5.75 Å². The summed E-state index contributed by atoms with van der Waals surface area (Å²) < 4.78 is 18.2. The molecule has 0 fully saturated rings. The van der Waals surface area contributed by atoms with Gasteiger partial charge in [-0.1, -0.05) is 26.2 Å². The summed E-state index contributed by atoms with van der Waals surface area (Å²) in [6.07, 6.45) is 5.68. The van der Waals surface area contributed by atoms with Gasteiger partial charge in [0.1, 0.15) is 11.6 Å². The van der Waals surface area contributed by atoms with Crippen molar-refractivity contribution in [1.29, 1.82) is 0 Å². The smallest absolute Gasteiger partial charge is 0.123 e. The molecule has 0 saturated heterocycles. The molecule has 0 N–H and O–H groups in total. The monoisotopic (exact) mass is 210 g/mol. The molecule has 15 heavy (non-hydrogen) atoms. The highest BCUT2D eigenvalue weighted by Crippen LogP contribution is 2.21. The van der Waals surface area contributed by atoms with Gasteiger partial charge >= 0.3 is 0 Å². The van der Waals surface area contributed by atoms with E-state index in [0.717, 1.165) is 24.2 Å². The fourth-order valence-corrected chi connectivity index (χ4v) is 1.68. The second-order valence-electron chi connectivity index (χ2n) is 3.77. The number of halogens is 1. The maximum Gasteiger partial charge on any atom is 0.123 e. The summed E-state index contributed by atoms with van der Waals surface area (Å²) in [5.41, 5.74) is 0.980. The van der Waals surface area contributed by atoms with Crippen molar-refractivity contribution in [3.05, 3.63) is 29.6 Å². The van der Waals surface area contributed by atoms with Crippen LogP contribution in [0.25, 0.3) is 0 Å². The Kier molecular flexibility index (Phi) is 5.16. The SMILES string of the molecule is CCCCCCc1cc(F)ccc1OC. The normalized spacial score (nSPS) is 10.3. The van der Waals surface area contributed by atoms with Gasteiger partial charge in [-0.2, -0.15) is 0 Å². The number of ether oxygens (including phenoxy) is 1. The van der Waals surface area contributed by atoms with Crippen LogP contribution >= 0.6 is 0 Å². The second kappa shape index (κ2) is 6.44. The summed E-state index contributed by atoms with van der Waals surface area (Å²) in [7, 11) is 1.63. The molecule has 0 aromatic heterocycles. The van der Waals surface area contributed by atoms with E-state index in [0.29, 0.717) is 0 Å². The Morgan fingerprint density at radius 1 is 1.20 bits per heavy atom. The van der Waals surface area contributed by atoms with Gasteiger partial charge in [-0.05, 0) is 36.6 Å². The average Bonchev–Trinajstić information content (AvgIpc) is 2.25. The lowest BCUT2D eigenvalue weighted by Gasteiger charge is -2.08. The fraction of sp³-hybridized carbons (Fsp3) is 0.538. The number of benzene rings is 1. The van der Waals surface area contributed by atoms with Gasteiger partial charge in [-0.3, -0.25) is 0 Å². The van der Waals surface area contributed by atoms with E-state index in [4.69, 9.17) is 4.74 Å². The number of methoxy groups -OCH3 is 1. The lowest BCUT2D eigenvalue weighted by atomic mass is 10.1. The molecule has 1 aromatic carbocycles. The Labute approximate surface area is 91.3 Å². The van der Waals surface area contributed by atoms with Crippen molar-refractivity contribution in [2.75, 3.05) is 7.11 Å².